The highest BCUT2D eigenvalue weighted by atomic mass is 16.4. The number of likely N-dealkylation sites (N-methyl/N-ethyl adjacent to an activating group) is 1. The van der Waals surface area contributed by atoms with Crippen molar-refractivity contribution in [2.75, 3.05) is 27.2 Å². The molecule has 2 N–H and O–H groups in total. The minimum Gasteiger partial charge on any atom is -0.480 e. The number of rotatable bonds is 7. The third-order valence-electron chi connectivity index (χ3n) is 4.51. The first-order valence-corrected chi connectivity index (χ1v) is 8.40. The van der Waals surface area contributed by atoms with Gasteiger partial charge in [0.1, 0.15) is 0 Å². The van der Waals surface area contributed by atoms with Gasteiger partial charge in [-0.05, 0) is 43.7 Å². The van der Waals surface area contributed by atoms with Crippen LogP contribution in [0.15, 0.2) is 24.3 Å². The van der Waals surface area contributed by atoms with E-state index in [4.69, 9.17) is 5.11 Å². The molecule has 25 heavy (non-hydrogen) atoms. The Bertz CT molecular complexity index is 636. The summed E-state index contributed by atoms with van der Waals surface area (Å²) in [5.74, 6) is -1.11. The molecule has 1 aromatic rings. The summed E-state index contributed by atoms with van der Waals surface area (Å²) in [7, 11) is 3.36. The minimum absolute atomic E-state index is 0.0310. The number of carboxylic acids is 1. The molecule has 7 heteroatoms. The fourth-order valence-corrected chi connectivity index (χ4v) is 2.97. The van der Waals surface area contributed by atoms with Crippen molar-refractivity contribution >= 4 is 17.8 Å². The van der Waals surface area contributed by atoms with Crippen LogP contribution in [0.5, 0.6) is 0 Å². The maximum atomic E-state index is 12.3. The number of benzene rings is 1. The highest BCUT2D eigenvalue weighted by molar-refractivity contribution is 5.97. The number of nitrogens with zero attached hydrogens (tertiary/aromatic N) is 2. The van der Waals surface area contributed by atoms with Gasteiger partial charge in [-0.1, -0.05) is 6.92 Å². The van der Waals surface area contributed by atoms with Crippen molar-refractivity contribution in [2.24, 2.45) is 0 Å². The summed E-state index contributed by atoms with van der Waals surface area (Å²) < 4.78 is 0. The van der Waals surface area contributed by atoms with E-state index >= 15 is 0 Å². The molecule has 0 aliphatic heterocycles. The fraction of sp³-hybridized carbons (Fsp3) is 0.500. The standard InChI is InChI=1S/C18H25N3O4/c1-4-21(11-16(22)23)15-9-14(10-15)19-17(24)12-5-7-13(8-6-12)18(25)20(2)3/h5-8,14-15H,4,9-11H2,1-3H3,(H,19,24)(H,22,23). The third-order valence-corrected chi connectivity index (χ3v) is 4.51. The summed E-state index contributed by atoms with van der Waals surface area (Å²) in [5.41, 5.74) is 1.05. The first-order valence-electron chi connectivity index (χ1n) is 8.40. The average Bonchev–Trinajstić information content (AvgIpc) is 2.54. The molecule has 0 bridgehead atoms. The van der Waals surface area contributed by atoms with E-state index in [0.717, 1.165) is 12.8 Å². The summed E-state index contributed by atoms with van der Waals surface area (Å²) >= 11 is 0. The molecular formula is C18H25N3O4. The van der Waals surface area contributed by atoms with Crippen LogP contribution in [0.1, 0.15) is 40.5 Å². The molecule has 136 valence electrons. The molecular weight excluding hydrogens is 322 g/mol. The van der Waals surface area contributed by atoms with Crippen LogP contribution in [-0.4, -0.2) is 72.0 Å². The Labute approximate surface area is 147 Å². The highest BCUT2D eigenvalue weighted by Gasteiger charge is 2.34. The van der Waals surface area contributed by atoms with Crippen LogP contribution >= 0.6 is 0 Å². The zero-order chi connectivity index (χ0) is 18.6. The lowest BCUT2D eigenvalue weighted by molar-refractivity contribution is -0.139. The zero-order valence-electron chi connectivity index (χ0n) is 14.9. The quantitative estimate of drug-likeness (QED) is 0.770. The Morgan fingerprint density at radius 1 is 1.12 bits per heavy atom. The lowest BCUT2D eigenvalue weighted by Crippen LogP contribution is -2.54. The van der Waals surface area contributed by atoms with Crippen LogP contribution in [0.25, 0.3) is 0 Å². The van der Waals surface area contributed by atoms with Crippen molar-refractivity contribution in [3.8, 4) is 0 Å². The fourth-order valence-electron chi connectivity index (χ4n) is 2.97. The predicted molar refractivity (Wildman–Crippen MR) is 93.6 cm³/mol. The van der Waals surface area contributed by atoms with E-state index in [0.29, 0.717) is 17.7 Å². The van der Waals surface area contributed by atoms with Crippen LogP contribution in [0.3, 0.4) is 0 Å². The van der Waals surface area contributed by atoms with Crippen molar-refractivity contribution in [2.45, 2.75) is 31.8 Å². The number of carboxylic acid groups (broad SMARTS) is 1. The molecule has 1 aliphatic carbocycles. The van der Waals surface area contributed by atoms with Gasteiger partial charge >= 0.3 is 5.97 Å². The molecule has 0 radical (unpaired) electrons. The van der Waals surface area contributed by atoms with Gasteiger partial charge in [0.05, 0.1) is 6.54 Å². The molecule has 0 spiro atoms. The predicted octanol–water partition coefficient (Wildman–Crippen LogP) is 1.06. The van der Waals surface area contributed by atoms with Crippen LogP contribution in [0.2, 0.25) is 0 Å². The summed E-state index contributed by atoms with van der Waals surface area (Å²) in [6.07, 6.45) is 1.51. The molecule has 0 aromatic heterocycles. The molecule has 0 saturated heterocycles. The topological polar surface area (TPSA) is 90.0 Å². The molecule has 7 nitrogen and oxygen atoms in total. The lowest BCUT2D eigenvalue weighted by Gasteiger charge is -2.42. The van der Waals surface area contributed by atoms with Gasteiger partial charge in [-0.15, -0.1) is 0 Å². The molecule has 2 rings (SSSR count). The second-order valence-corrected chi connectivity index (χ2v) is 6.53. The van der Waals surface area contributed by atoms with E-state index in [-0.39, 0.29) is 30.4 Å². The van der Waals surface area contributed by atoms with Crippen LogP contribution in [0.4, 0.5) is 0 Å². The van der Waals surface area contributed by atoms with Gasteiger partial charge in [0.15, 0.2) is 0 Å². The Morgan fingerprint density at radius 2 is 1.68 bits per heavy atom. The largest absolute Gasteiger partial charge is 0.480 e. The van der Waals surface area contributed by atoms with E-state index in [9.17, 15) is 14.4 Å². The number of nitrogens with one attached hydrogen (secondary N) is 1. The van der Waals surface area contributed by atoms with Crippen molar-refractivity contribution in [3.63, 3.8) is 0 Å². The maximum absolute atomic E-state index is 12.3. The molecule has 1 aliphatic rings. The van der Waals surface area contributed by atoms with E-state index in [1.807, 2.05) is 11.8 Å². The van der Waals surface area contributed by atoms with Gasteiger partial charge in [-0.3, -0.25) is 19.3 Å². The van der Waals surface area contributed by atoms with E-state index in [1.54, 1.807) is 38.4 Å². The van der Waals surface area contributed by atoms with Crippen molar-refractivity contribution in [3.05, 3.63) is 35.4 Å². The number of aliphatic carboxylic acids is 1. The monoisotopic (exact) mass is 347 g/mol. The Balaban J connectivity index is 1.85. The molecule has 1 saturated carbocycles. The molecule has 2 amide bonds. The number of hydrogen-bond acceptors (Lipinski definition) is 4. The average molecular weight is 347 g/mol. The number of carbonyl (C=O) groups is 3. The van der Waals surface area contributed by atoms with Crippen molar-refractivity contribution in [1.29, 1.82) is 0 Å². The molecule has 0 atom stereocenters. The van der Waals surface area contributed by atoms with Gasteiger partial charge in [0.2, 0.25) is 0 Å². The minimum atomic E-state index is -0.832. The van der Waals surface area contributed by atoms with Gasteiger partial charge < -0.3 is 15.3 Å². The second-order valence-electron chi connectivity index (χ2n) is 6.53. The summed E-state index contributed by atoms with van der Waals surface area (Å²) in [6.45, 7) is 2.65. The van der Waals surface area contributed by atoms with Crippen LogP contribution < -0.4 is 5.32 Å². The number of hydrogen-bond donors (Lipinski definition) is 2. The lowest BCUT2D eigenvalue weighted by atomic mass is 9.85. The molecule has 0 heterocycles. The summed E-state index contributed by atoms with van der Waals surface area (Å²) in [6, 6.07) is 6.84. The van der Waals surface area contributed by atoms with Gasteiger partial charge in [-0.25, -0.2) is 0 Å². The van der Waals surface area contributed by atoms with Crippen molar-refractivity contribution in [1.82, 2.24) is 15.1 Å². The zero-order valence-corrected chi connectivity index (χ0v) is 14.9. The second kappa shape index (κ2) is 8.11. The van der Waals surface area contributed by atoms with Crippen molar-refractivity contribution < 1.29 is 19.5 Å². The number of carbonyl (C=O) groups excluding carboxylic acids is 2. The SMILES string of the molecule is CCN(CC(=O)O)C1CC(NC(=O)c2ccc(C(=O)N(C)C)cc2)C1. The first kappa shape index (κ1) is 18.9. The van der Waals surface area contributed by atoms with Gasteiger partial charge in [0.25, 0.3) is 11.8 Å². The Morgan fingerprint density at radius 3 is 2.16 bits per heavy atom. The smallest absolute Gasteiger partial charge is 0.317 e. The Kier molecular flexibility index (Phi) is 6.14. The first-order chi connectivity index (χ1) is 11.8. The van der Waals surface area contributed by atoms with E-state index in [2.05, 4.69) is 5.32 Å². The number of amides is 2. The maximum Gasteiger partial charge on any atom is 0.317 e. The van der Waals surface area contributed by atoms with Crippen LogP contribution in [0, 0.1) is 0 Å². The highest BCUT2D eigenvalue weighted by Crippen LogP contribution is 2.25. The van der Waals surface area contributed by atoms with E-state index < -0.39 is 5.97 Å². The molecule has 0 unspecified atom stereocenters. The van der Waals surface area contributed by atoms with Gasteiger partial charge in [0, 0.05) is 37.3 Å². The Hall–Kier alpha value is -2.41. The van der Waals surface area contributed by atoms with E-state index in [1.165, 1.54) is 4.90 Å². The van der Waals surface area contributed by atoms with Crippen LogP contribution in [-0.2, 0) is 4.79 Å². The molecule has 1 aromatic carbocycles. The summed E-state index contributed by atoms with van der Waals surface area (Å²) in [5, 5.41) is 11.9. The summed E-state index contributed by atoms with van der Waals surface area (Å²) in [4.78, 5) is 38.3. The normalized spacial score (nSPS) is 19.2. The third kappa shape index (κ3) is 4.79. The molecule has 1 fully saturated rings. The van der Waals surface area contributed by atoms with Gasteiger partial charge in [-0.2, -0.15) is 0 Å².